The molecule has 4 rings (SSSR count). The minimum absolute atomic E-state index is 0.0303. The Labute approximate surface area is 187 Å². The largest absolute Gasteiger partial charge is 0.479 e. The molecule has 0 amide bonds. The molecular weight excluding hydrogens is 410 g/mol. The monoisotopic (exact) mass is 439 g/mol. The topological polar surface area (TPSA) is 91.0 Å². The lowest BCUT2D eigenvalue weighted by atomic mass is 9.95. The van der Waals surface area contributed by atoms with Crippen LogP contribution in [0, 0.1) is 6.92 Å². The van der Waals surface area contributed by atoms with E-state index in [4.69, 9.17) is 23.7 Å². The second-order valence-corrected chi connectivity index (χ2v) is 8.20. The van der Waals surface area contributed by atoms with E-state index in [-0.39, 0.29) is 18.8 Å². The third-order valence-corrected chi connectivity index (χ3v) is 5.97. The summed E-state index contributed by atoms with van der Waals surface area (Å²) in [6.45, 7) is 2.32. The van der Waals surface area contributed by atoms with Crippen molar-refractivity contribution in [1.29, 1.82) is 0 Å². The fraction of sp³-hybridized carbons (Fsp3) is 0.440. The van der Waals surface area contributed by atoms with Crippen LogP contribution in [0.4, 0.5) is 0 Å². The smallest absolute Gasteiger partial charge is 0.335 e. The lowest BCUT2D eigenvalue weighted by Gasteiger charge is -2.29. The average molecular weight is 440 g/mol. The van der Waals surface area contributed by atoms with Crippen LogP contribution < -0.4 is 0 Å². The molecule has 1 saturated carbocycles. The Kier molecular flexibility index (Phi) is 7.19. The van der Waals surface area contributed by atoms with Crippen LogP contribution in [0.3, 0.4) is 0 Å². The van der Waals surface area contributed by atoms with Crippen LogP contribution in [0.2, 0.25) is 0 Å². The molecule has 3 aromatic rings. The minimum Gasteiger partial charge on any atom is -0.479 e. The predicted molar refractivity (Wildman–Crippen MR) is 119 cm³/mol. The number of carbonyl (C=O) groups is 1. The molecular formula is C25H29NO6. The second kappa shape index (κ2) is 10.3. The van der Waals surface area contributed by atoms with Gasteiger partial charge in [-0.05, 0) is 55.5 Å². The maximum absolute atomic E-state index is 11.1. The Bertz CT molecular complexity index is 1060. The van der Waals surface area contributed by atoms with Gasteiger partial charge in [0.25, 0.3) is 0 Å². The SMILES string of the molecule is COC(CO[C@@H]1CCC[C@H](OCc2nc(-c3ccc4ccccc4c3)oc2C)C1)C(=O)O. The van der Waals surface area contributed by atoms with Crippen molar-refractivity contribution < 1.29 is 28.5 Å². The van der Waals surface area contributed by atoms with Gasteiger partial charge in [-0.25, -0.2) is 9.78 Å². The number of benzene rings is 2. The normalized spacial score (nSPS) is 19.8. The number of aromatic nitrogens is 1. The van der Waals surface area contributed by atoms with Crippen molar-refractivity contribution in [2.24, 2.45) is 0 Å². The van der Waals surface area contributed by atoms with E-state index in [1.165, 1.54) is 12.5 Å². The summed E-state index contributed by atoms with van der Waals surface area (Å²) in [7, 11) is 1.38. The lowest BCUT2D eigenvalue weighted by molar-refractivity contribution is -0.155. The van der Waals surface area contributed by atoms with Gasteiger partial charge in [-0.3, -0.25) is 0 Å². The first-order valence-corrected chi connectivity index (χ1v) is 11.0. The van der Waals surface area contributed by atoms with Crippen LogP contribution in [0.25, 0.3) is 22.2 Å². The first-order chi connectivity index (χ1) is 15.5. The Morgan fingerprint density at radius 3 is 2.66 bits per heavy atom. The van der Waals surface area contributed by atoms with Crippen LogP contribution >= 0.6 is 0 Å². The highest BCUT2D eigenvalue weighted by atomic mass is 16.5. The highest BCUT2D eigenvalue weighted by molar-refractivity contribution is 5.86. The molecule has 0 saturated heterocycles. The summed E-state index contributed by atoms with van der Waals surface area (Å²) in [6, 6.07) is 14.4. The molecule has 1 aliphatic rings. The molecule has 0 aliphatic heterocycles. The van der Waals surface area contributed by atoms with E-state index in [0.29, 0.717) is 12.5 Å². The minimum atomic E-state index is -1.01. The van der Waals surface area contributed by atoms with E-state index < -0.39 is 12.1 Å². The van der Waals surface area contributed by atoms with Gasteiger partial charge in [0.05, 0.1) is 25.4 Å². The maximum atomic E-state index is 11.1. The molecule has 1 heterocycles. The molecule has 0 spiro atoms. The molecule has 1 unspecified atom stereocenters. The number of ether oxygens (including phenoxy) is 3. The molecule has 7 heteroatoms. The fourth-order valence-corrected chi connectivity index (χ4v) is 4.07. The zero-order chi connectivity index (χ0) is 22.5. The number of oxazole rings is 1. The summed E-state index contributed by atoms with van der Waals surface area (Å²) >= 11 is 0. The van der Waals surface area contributed by atoms with Crippen molar-refractivity contribution in [2.45, 2.75) is 57.5 Å². The molecule has 170 valence electrons. The van der Waals surface area contributed by atoms with Crippen LogP contribution in [0.1, 0.15) is 37.1 Å². The quantitative estimate of drug-likeness (QED) is 0.514. The van der Waals surface area contributed by atoms with E-state index in [1.54, 1.807) is 0 Å². The number of methoxy groups -OCH3 is 1. The Morgan fingerprint density at radius 1 is 1.16 bits per heavy atom. The lowest BCUT2D eigenvalue weighted by Crippen LogP contribution is -2.34. The molecule has 1 fully saturated rings. The predicted octanol–water partition coefficient (Wildman–Crippen LogP) is 4.75. The maximum Gasteiger partial charge on any atom is 0.335 e. The number of nitrogens with zero attached hydrogens (tertiary/aromatic N) is 1. The van der Waals surface area contributed by atoms with E-state index in [0.717, 1.165) is 48.1 Å². The average Bonchev–Trinajstić information content (AvgIpc) is 3.18. The molecule has 1 aromatic heterocycles. The number of hydrogen-bond donors (Lipinski definition) is 1. The van der Waals surface area contributed by atoms with Crippen molar-refractivity contribution in [3.63, 3.8) is 0 Å². The standard InChI is InChI=1S/C25H29NO6/c1-16-22(26-24(32-16)19-11-10-17-6-3-4-7-18(17)12-19)14-30-20-8-5-9-21(13-20)31-15-23(29-2)25(27)28/h3-4,6-7,10-12,20-21,23H,5,8-9,13-15H2,1-2H3,(H,27,28)/t20-,21+,23?/m0/s1. The van der Waals surface area contributed by atoms with E-state index in [1.807, 2.05) is 25.1 Å². The number of aryl methyl sites for hydroxylation is 1. The Hall–Kier alpha value is -2.74. The molecule has 0 bridgehead atoms. The van der Waals surface area contributed by atoms with Crippen LogP contribution in [0.15, 0.2) is 46.9 Å². The Balaban J connectivity index is 1.34. The van der Waals surface area contributed by atoms with Gasteiger partial charge in [0.15, 0.2) is 6.10 Å². The van der Waals surface area contributed by atoms with Gasteiger partial charge in [0.1, 0.15) is 11.5 Å². The summed E-state index contributed by atoms with van der Waals surface area (Å²) in [5, 5.41) is 11.4. The molecule has 3 atom stereocenters. The first-order valence-electron chi connectivity index (χ1n) is 11.0. The van der Waals surface area contributed by atoms with Crippen molar-refractivity contribution in [3.8, 4) is 11.5 Å². The van der Waals surface area contributed by atoms with Crippen molar-refractivity contribution in [1.82, 2.24) is 4.98 Å². The van der Waals surface area contributed by atoms with Gasteiger partial charge in [-0.15, -0.1) is 0 Å². The summed E-state index contributed by atoms with van der Waals surface area (Å²) < 4.78 is 22.8. The highest BCUT2D eigenvalue weighted by Gasteiger charge is 2.26. The van der Waals surface area contributed by atoms with Gasteiger partial charge in [0.2, 0.25) is 5.89 Å². The van der Waals surface area contributed by atoms with Crippen molar-refractivity contribution in [3.05, 3.63) is 53.9 Å². The third-order valence-electron chi connectivity index (χ3n) is 5.97. The summed E-state index contributed by atoms with van der Waals surface area (Å²) in [5.74, 6) is 0.331. The fourth-order valence-electron chi connectivity index (χ4n) is 4.07. The molecule has 2 aromatic carbocycles. The number of fused-ring (bicyclic) bond motifs is 1. The third kappa shape index (κ3) is 5.35. The number of hydrogen-bond acceptors (Lipinski definition) is 6. The van der Waals surface area contributed by atoms with Crippen LogP contribution in [0.5, 0.6) is 0 Å². The first kappa shape index (κ1) is 22.5. The van der Waals surface area contributed by atoms with E-state index in [2.05, 4.69) is 29.2 Å². The van der Waals surface area contributed by atoms with Crippen molar-refractivity contribution >= 4 is 16.7 Å². The van der Waals surface area contributed by atoms with Gasteiger partial charge >= 0.3 is 5.97 Å². The van der Waals surface area contributed by atoms with E-state index in [9.17, 15) is 4.79 Å². The zero-order valence-corrected chi connectivity index (χ0v) is 18.5. The zero-order valence-electron chi connectivity index (χ0n) is 18.5. The molecule has 0 radical (unpaired) electrons. The molecule has 1 aliphatic carbocycles. The van der Waals surface area contributed by atoms with Gasteiger partial charge in [-0.2, -0.15) is 0 Å². The van der Waals surface area contributed by atoms with Crippen LogP contribution in [-0.4, -0.2) is 48.1 Å². The Morgan fingerprint density at radius 2 is 1.91 bits per heavy atom. The van der Waals surface area contributed by atoms with Crippen molar-refractivity contribution in [2.75, 3.05) is 13.7 Å². The van der Waals surface area contributed by atoms with Gasteiger partial charge < -0.3 is 23.7 Å². The molecule has 32 heavy (non-hydrogen) atoms. The molecule has 1 N–H and O–H groups in total. The second-order valence-electron chi connectivity index (χ2n) is 8.20. The summed E-state index contributed by atoms with van der Waals surface area (Å²) in [4.78, 5) is 15.8. The van der Waals surface area contributed by atoms with E-state index >= 15 is 0 Å². The molecule has 7 nitrogen and oxygen atoms in total. The number of carboxylic acids is 1. The summed E-state index contributed by atoms with van der Waals surface area (Å²) in [6.07, 6.45) is 2.61. The number of rotatable bonds is 9. The summed E-state index contributed by atoms with van der Waals surface area (Å²) in [5.41, 5.74) is 1.73. The van der Waals surface area contributed by atoms with Gasteiger partial charge in [-0.1, -0.05) is 30.3 Å². The van der Waals surface area contributed by atoms with Gasteiger partial charge in [0, 0.05) is 12.7 Å². The van der Waals surface area contributed by atoms with Crippen LogP contribution in [-0.2, 0) is 25.6 Å². The number of aliphatic carboxylic acids is 1. The highest BCUT2D eigenvalue weighted by Crippen LogP contribution is 2.28. The number of carboxylic acid groups (broad SMARTS) is 1.